The third-order valence-corrected chi connectivity index (χ3v) is 6.84. The number of aromatic nitrogens is 1. The van der Waals surface area contributed by atoms with E-state index in [1.54, 1.807) is 72.3 Å². The molecule has 0 bridgehead atoms. The Morgan fingerprint density at radius 3 is 2.48 bits per heavy atom. The van der Waals surface area contributed by atoms with Crippen LogP contribution in [0.1, 0.15) is 5.56 Å². The van der Waals surface area contributed by atoms with E-state index < -0.39 is 9.84 Å². The normalized spacial score (nSPS) is 11.4. The van der Waals surface area contributed by atoms with Gasteiger partial charge in [-0.05, 0) is 37.3 Å². The van der Waals surface area contributed by atoms with Gasteiger partial charge in [-0.25, -0.2) is 8.42 Å². The fourth-order valence-electron chi connectivity index (χ4n) is 3.46. The van der Waals surface area contributed by atoms with Gasteiger partial charge < -0.3 is 14.6 Å². The maximum atomic E-state index is 13.3. The number of fused-ring (bicyclic) bond motifs is 1. The zero-order chi connectivity index (χ0) is 22.0. The molecular formula is C24H22N2O4S. The Kier molecular flexibility index (Phi) is 5.52. The third-order valence-electron chi connectivity index (χ3n) is 5.04. The minimum atomic E-state index is -3.73. The molecule has 0 saturated carbocycles. The average molecular weight is 435 g/mol. The monoisotopic (exact) mass is 434 g/mol. The van der Waals surface area contributed by atoms with E-state index in [2.05, 4.69) is 5.32 Å². The van der Waals surface area contributed by atoms with E-state index in [1.807, 2.05) is 19.1 Å². The summed E-state index contributed by atoms with van der Waals surface area (Å²) in [6.45, 7) is 1.88. The zero-order valence-electron chi connectivity index (χ0n) is 17.2. The Labute approximate surface area is 181 Å². The molecule has 3 aromatic carbocycles. The third kappa shape index (κ3) is 4.18. The Morgan fingerprint density at radius 2 is 1.74 bits per heavy atom. The number of benzene rings is 3. The van der Waals surface area contributed by atoms with Crippen molar-refractivity contribution in [1.29, 1.82) is 0 Å². The summed E-state index contributed by atoms with van der Waals surface area (Å²) in [5, 5.41) is 3.41. The molecule has 7 heteroatoms. The van der Waals surface area contributed by atoms with Crippen LogP contribution in [0, 0.1) is 6.92 Å². The fraction of sp³-hybridized carbons (Fsp3) is 0.125. The maximum Gasteiger partial charge on any atom is 0.244 e. The summed E-state index contributed by atoms with van der Waals surface area (Å²) in [7, 11) is -2.18. The number of carbonyl (C=O) groups excluding carboxylic acids is 1. The molecule has 0 atom stereocenters. The van der Waals surface area contributed by atoms with Crippen LogP contribution in [0.3, 0.4) is 0 Å². The number of rotatable bonds is 6. The molecule has 0 unspecified atom stereocenters. The van der Waals surface area contributed by atoms with Crippen LogP contribution in [0.5, 0.6) is 5.75 Å². The molecule has 0 aliphatic carbocycles. The maximum absolute atomic E-state index is 13.3. The van der Waals surface area contributed by atoms with Gasteiger partial charge in [-0.1, -0.05) is 42.0 Å². The second-order valence-corrected chi connectivity index (χ2v) is 9.15. The number of methoxy groups -OCH3 is 1. The second kappa shape index (κ2) is 8.28. The van der Waals surface area contributed by atoms with E-state index >= 15 is 0 Å². The fourth-order valence-corrected chi connectivity index (χ4v) is 4.93. The minimum absolute atomic E-state index is 0.0266. The van der Waals surface area contributed by atoms with Gasteiger partial charge in [-0.3, -0.25) is 4.79 Å². The van der Waals surface area contributed by atoms with Crippen molar-refractivity contribution in [2.75, 3.05) is 12.4 Å². The molecule has 1 amide bonds. The lowest BCUT2D eigenvalue weighted by Gasteiger charge is -2.08. The molecule has 0 aliphatic rings. The summed E-state index contributed by atoms with van der Waals surface area (Å²) in [4.78, 5) is 13.1. The number of anilines is 1. The zero-order valence-corrected chi connectivity index (χ0v) is 18.0. The van der Waals surface area contributed by atoms with Crippen LogP contribution in [0.4, 0.5) is 5.69 Å². The van der Waals surface area contributed by atoms with Gasteiger partial charge in [-0.2, -0.15) is 0 Å². The molecule has 4 aromatic rings. The summed E-state index contributed by atoms with van der Waals surface area (Å²) >= 11 is 0. The molecule has 0 aliphatic heterocycles. The first-order chi connectivity index (χ1) is 14.9. The number of sulfone groups is 1. The smallest absolute Gasteiger partial charge is 0.244 e. The van der Waals surface area contributed by atoms with Gasteiger partial charge in [0.05, 0.1) is 16.9 Å². The SMILES string of the molecule is COc1cccc(NC(=O)Cn2cc(S(=O)(=O)c3ccc(C)cc3)c3ccccc32)c1. The Bertz CT molecular complexity index is 1360. The van der Waals surface area contributed by atoms with Gasteiger partial charge in [0.2, 0.25) is 15.7 Å². The lowest BCUT2D eigenvalue weighted by molar-refractivity contribution is -0.116. The first-order valence-electron chi connectivity index (χ1n) is 9.72. The Balaban J connectivity index is 1.68. The first kappa shape index (κ1) is 20.7. The van der Waals surface area contributed by atoms with Gasteiger partial charge in [0.25, 0.3) is 0 Å². The summed E-state index contributed by atoms with van der Waals surface area (Å²) in [6, 6.07) is 21.0. The van der Waals surface area contributed by atoms with Gasteiger partial charge in [-0.15, -0.1) is 0 Å². The highest BCUT2D eigenvalue weighted by molar-refractivity contribution is 7.91. The lowest BCUT2D eigenvalue weighted by atomic mass is 10.2. The van der Waals surface area contributed by atoms with Crippen LogP contribution >= 0.6 is 0 Å². The van der Waals surface area contributed by atoms with Gasteiger partial charge >= 0.3 is 0 Å². The standard InChI is InChI=1S/C24H22N2O4S/c1-17-10-12-20(13-11-17)31(28,29)23-15-26(22-9-4-3-8-21(22)23)16-24(27)25-18-6-5-7-19(14-18)30-2/h3-15H,16H2,1-2H3,(H,25,27). The molecule has 0 saturated heterocycles. The quantitative estimate of drug-likeness (QED) is 0.487. The first-order valence-corrected chi connectivity index (χ1v) is 11.2. The number of aryl methyl sites for hydroxylation is 1. The van der Waals surface area contributed by atoms with Crippen LogP contribution in [-0.4, -0.2) is 26.0 Å². The van der Waals surface area contributed by atoms with E-state index in [4.69, 9.17) is 4.74 Å². The van der Waals surface area contributed by atoms with Crippen LogP contribution in [0.15, 0.2) is 88.8 Å². The predicted molar refractivity (Wildman–Crippen MR) is 120 cm³/mol. The molecular weight excluding hydrogens is 412 g/mol. The van der Waals surface area contributed by atoms with E-state index in [1.165, 1.54) is 6.20 Å². The van der Waals surface area contributed by atoms with Crippen molar-refractivity contribution in [2.24, 2.45) is 0 Å². The molecule has 1 N–H and O–H groups in total. The number of amides is 1. The van der Waals surface area contributed by atoms with Crippen molar-refractivity contribution in [3.8, 4) is 5.75 Å². The van der Waals surface area contributed by atoms with Crippen molar-refractivity contribution in [2.45, 2.75) is 23.3 Å². The topological polar surface area (TPSA) is 77.4 Å². The number of ether oxygens (including phenoxy) is 1. The van der Waals surface area contributed by atoms with E-state index in [9.17, 15) is 13.2 Å². The number of hydrogen-bond donors (Lipinski definition) is 1. The molecule has 6 nitrogen and oxygen atoms in total. The number of nitrogens with one attached hydrogen (secondary N) is 1. The molecule has 158 valence electrons. The number of hydrogen-bond acceptors (Lipinski definition) is 4. The number of para-hydroxylation sites is 1. The van der Waals surface area contributed by atoms with Crippen molar-refractivity contribution >= 4 is 32.3 Å². The molecule has 0 fully saturated rings. The van der Waals surface area contributed by atoms with Crippen molar-refractivity contribution < 1.29 is 17.9 Å². The molecule has 1 heterocycles. The van der Waals surface area contributed by atoms with Gasteiger partial charge in [0.1, 0.15) is 12.3 Å². The predicted octanol–water partition coefficient (Wildman–Crippen LogP) is 4.43. The average Bonchev–Trinajstić information content (AvgIpc) is 3.13. The molecule has 0 radical (unpaired) electrons. The number of nitrogens with zero attached hydrogens (tertiary/aromatic N) is 1. The molecule has 1 aromatic heterocycles. The van der Waals surface area contributed by atoms with Crippen LogP contribution in [-0.2, 0) is 21.2 Å². The van der Waals surface area contributed by atoms with E-state index in [0.29, 0.717) is 22.3 Å². The summed E-state index contributed by atoms with van der Waals surface area (Å²) in [5.41, 5.74) is 2.26. The highest BCUT2D eigenvalue weighted by Gasteiger charge is 2.23. The molecule has 4 rings (SSSR count). The van der Waals surface area contributed by atoms with Crippen LogP contribution < -0.4 is 10.1 Å². The largest absolute Gasteiger partial charge is 0.497 e. The Hall–Kier alpha value is -3.58. The lowest BCUT2D eigenvalue weighted by Crippen LogP contribution is -2.18. The van der Waals surface area contributed by atoms with Gasteiger partial charge in [0, 0.05) is 28.9 Å². The molecule has 31 heavy (non-hydrogen) atoms. The van der Waals surface area contributed by atoms with Crippen LogP contribution in [0.2, 0.25) is 0 Å². The highest BCUT2D eigenvalue weighted by atomic mass is 32.2. The van der Waals surface area contributed by atoms with Crippen molar-refractivity contribution in [1.82, 2.24) is 4.57 Å². The van der Waals surface area contributed by atoms with Gasteiger partial charge in [0.15, 0.2) is 0 Å². The van der Waals surface area contributed by atoms with E-state index in [-0.39, 0.29) is 22.2 Å². The molecule has 0 spiro atoms. The van der Waals surface area contributed by atoms with E-state index in [0.717, 1.165) is 5.56 Å². The highest BCUT2D eigenvalue weighted by Crippen LogP contribution is 2.30. The minimum Gasteiger partial charge on any atom is -0.497 e. The van der Waals surface area contributed by atoms with Crippen molar-refractivity contribution in [3.05, 3.63) is 84.6 Å². The summed E-state index contributed by atoms with van der Waals surface area (Å²) < 4.78 is 33.4. The second-order valence-electron chi connectivity index (χ2n) is 7.24. The van der Waals surface area contributed by atoms with Crippen molar-refractivity contribution in [3.63, 3.8) is 0 Å². The number of carbonyl (C=O) groups is 1. The summed E-state index contributed by atoms with van der Waals surface area (Å²) in [6.07, 6.45) is 1.53. The summed E-state index contributed by atoms with van der Waals surface area (Å²) in [5.74, 6) is 0.365. The Morgan fingerprint density at radius 1 is 1.00 bits per heavy atom. The van der Waals surface area contributed by atoms with Crippen LogP contribution in [0.25, 0.3) is 10.9 Å².